The van der Waals surface area contributed by atoms with Crippen LogP contribution in [0.2, 0.25) is 0 Å². The molecule has 0 atom stereocenters. The van der Waals surface area contributed by atoms with E-state index in [1.807, 2.05) is 56.6 Å². The Balaban J connectivity index is 1.69. The number of pyridine rings is 1. The summed E-state index contributed by atoms with van der Waals surface area (Å²) in [4.78, 5) is 18.9. The molecule has 4 nitrogen and oxygen atoms in total. The quantitative estimate of drug-likeness (QED) is 0.682. The number of nitrogens with zero attached hydrogens (tertiary/aromatic N) is 2. The predicted molar refractivity (Wildman–Crippen MR) is 112 cm³/mol. The molecular weight excluding hydrogens is 334 g/mol. The van der Waals surface area contributed by atoms with Crippen molar-refractivity contribution in [3.63, 3.8) is 0 Å². The largest absolute Gasteiger partial charge is 0.378 e. The molecule has 0 saturated heterocycles. The lowest BCUT2D eigenvalue weighted by Gasteiger charge is -2.12. The van der Waals surface area contributed by atoms with Crippen LogP contribution in [0.4, 0.5) is 11.4 Å². The van der Waals surface area contributed by atoms with Crippen molar-refractivity contribution in [1.82, 2.24) is 4.98 Å². The van der Waals surface area contributed by atoms with Crippen molar-refractivity contribution < 1.29 is 4.79 Å². The van der Waals surface area contributed by atoms with Crippen LogP contribution in [-0.2, 0) is 0 Å². The Morgan fingerprint density at radius 3 is 2.11 bits per heavy atom. The minimum absolute atomic E-state index is 0.158. The first-order valence-electron chi connectivity index (χ1n) is 9.09. The number of hydrogen-bond donors (Lipinski definition) is 1. The summed E-state index contributed by atoms with van der Waals surface area (Å²) >= 11 is 0. The molecule has 0 radical (unpaired) electrons. The Hall–Kier alpha value is -3.14. The van der Waals surface area contributed by atoms with Crippen LogP contribution in [0.5, 0.6) is 0 Å². The standard InChI is InChI=1S/C23H25N3O/c1-16(2)17-5-10-20(11-6-17)25-23(27)19-9-14-22(24-15-19)18-7-12-21(13-8-18)26(3)4/h5-16H,1-4H3,(H,25,27). The van der Waals surface area contributed by atoms with E-state index in [9.17, 15) is 4.79 Å². The van der Waals surface area contributed by atoms with Crippen molar-refractivity contribution in [2.75, 3.05) is 24.3 Å². The maximum Gasteiger partial charge on any atom is 0.257 e. The van der Waals surface area contributed by atoms with Crippen LogP contribution in [0, 0.1) is 0 Å². The molecule has 138 valence electrons. The summed E-state index contributed by atoms with van der Waals surface area (Å²) in [7, 11) is 4.02. The van der Waals surface area contributed by atoms with Gasteiger partial charge in [0.1, 0.15) is 0 Å². The van der Waals surface area contributed by atoms with Gasteiger partial charge in [0.2, 0.25) is 0 Å². The van der Waals surface area contributed by atoms with Gasteiger partial charge in [-0.1, -0.05) is 38.1 Å². The minimum Gasteiger partial charge on any atom is -0.378 e. The minimum atomic E-state index is -0.158. The number of amides is 1. The van der Waals surface area contributed by atoms with Crippen LogP contribution in [0.1, 0.15) is 35.7 Å². The molecule has 4 heteroatoms. The third-order valence-corrected chi connectivity index (χ3v) is 4.54. The van der Waals surface area contributed by atoms with Gasteiger partial charge >= 0.3 is 0 Å². The van der Waals surface area contributed by atoms with E-state index in [1.165, 1.54) is 5.56 Å². The summed E-state index contributed by atoms with van der Waals surface area (Å²) in [6.45, 7) is 4.30. The third-order valence-electron chi connectivity index (χ3n) is 4.54. The Morgan fingerprint density at radius 2 is 1.59 bits per heavy atom. The van der Waals surface area contributed by atoms with Gasteiger partial charge in [-0.2, -0.15) is 0 Å². The first-order chi connectivity index (χ1) is 12.9. The predicted octanol–water partition coefficient (Wildman–Crippen LogP) is 5.19. The molecule has 0 unspecified atom stereocenters. The van der Waals surface area contributed by atoms with Crippen molar-refractivity contribution in [1.29, 1.82) is 0 Å². The monoisotopic (exact) mass is 359 g/mol. The van der Waals surface area contributed by atoms with Crippen molar-refractivity contribution in [3.05, 3.63) is 78.0 Å². The van der Waals surface area contributed by atoms with E-state index in [-0.39, 0.29) is 5.91 Å². The third kappa shape index (κ3) is 4.53. The van der Waals surface area contributed by atoms with Crippen LogP contribution in [0.15, 0.2) is 66.9 Å². The zero-order valence-corrected chi connectivity index (χ0v) is 16.2. The van der Waals surface area contributed by atoms with Crippen LogP contribution < -0.4 is 10.2 Å². The highest BCUT2D eigenvalue weighted by molar-refractivity contribution is 6.04. The number of anilines is 2. The van der Waals surface area contributed by atoms with Crippen molar-refractivity contribution in [3.8, 4) is 11.3 Å². The van der Waals surface area contributed by atoms with Gasteiger partial charge < -0.3 is 10.2 Å². The number of nitrogens with one attached hydrogen (secondary N) is 1. The van der Waals surface area contributed by atoms with Gasteiger partial charge in [0.05, 0.1) is 11.3 Å². The molecule has 0 bridgehead atoms. The van der Waals surface area contributed by atoms with Crippen molar-refractivity contribution in [2.24, 2.45) is 0 Å². The molecule has 1 heterocycles. The van der Waals surface area contributed by atoms with E-state index in [2.05, 4.69) is 41.2 Å². The molecule has 0 saturated carbocycles. The second-order valence-electron chi connectivity index (χ2n) is 7.10. The second kappa shape index (κ2) is 8.04. The Bertz CT molecular complexity index is 896. The average molecular weight is 359 g/mol. The summed E-state index contributed by atoms with van der Waals surface area (Å²) in [5, 5.41) is 2.92. The van der Waals surface area contributed by atoms with Gasteiger partial charge in [0, 0.05) is 37.2 Å². The Kier molecular flexibility index (Phi) is 5.55. The smallest absolute Gasteiger partial charge is 0.257 e. The average Bonchev–Trinajstić information content (AvgIpc) is 2.68. The molecule has 0 fully saturated rings. The van der Waals surface area contributed by atoms with Crippen LogP contribution in [0.25, 0.3) is 11.3 Å². The SMILES string of the molecule is CC(C)c1ccc(NC(=O)c2ccc(-c3ccc(N(C)C)cc3)nc2)cc1. The van der Waals surface area contributed by atoms with E-state index >= 15 is 0 Å². The highest BCUT2D eigenvalue weighted by Gasteiger charge is 2.08. The first-order valence-corrected chi connectivity index (χ1v) is 9.09. The molecule has 0 aliphatic carbocycles. The summed E-state index contributed by atoms with van der Waals surface area (Å²) < 4.78 is 0. The fourth-order valence-electron chi connectivity index (χ4n) is 2.78. The van der Waals surface area contributed by atoms with E-state index < -0.39 is 0 Å². The zero-order chi connectivity index (χ0) is 19.4. The highest BCUT2D eigenvalue weighted by Crippen LogP contribution is 2.21. The lowest BCUT2D eigenvalue weighted by molar-refractivity contribution is 0.102. The molecule has 2 aromatic carbocycles. The highest BCUT2D eigenvalue weighted by atomic mass is 16.1. The Labute approximate surface area is 160 Å². The van der Waals surface area contributed by atoms with Gasteiger partial charge in [0.25, 0.3) is 5.91 Å². The van der Waals surface area contributed by atoms with Crippen molar-refractivity contribution >= 4 is 17.3 Å². The molecule has 3 rings (SSSR count). The molecule has 27 heavy (non-hydrogen) atoms. The molecule has 1 aromatic heterocycles. The van der Waals surface area contributed by atoms with Gasteiger partial charge in [-0.25, -0.2) is 0 Å². The van der Waals surface area contributed by atoms with Crippen molar-refractivity contribution in [2.45, 2.75) is 19.8 Å². The molecule has 0 spiro atoms. The summed E-state index contributed by atoms with van der Waals surface area (Å²) in [5.74, 6) is 0.313. The lowest BCUT2D eigenvalue weighted by atomic mass is 10.0. The van der Waals surface area contributed by atoms with E-state index in [0.717, 1.165) is 22.6 Å². The Morgan fingerprint density at radius 1 is 0.926 bits per heavy atom. The van der Waals surface area contributed by atoms with E-state index in [4.69, 9.17) is 0 Å². The topological polar surface area (TPSA) is 45.2 Å². The maximum atomic E-state index is 12.4. The molecule has 0 aliphatic heterocycles. The summed E-state index contributed by atoms with van der Waals surface area (Å²) in [6, 6.07) is 19.8. The molecule has 1 N–H and O–H groups in total. The first kappa shape index (κ1) is 18.6. The molecule has 0 aliphatic rings. The van der Waals surface area contributed by atoms with Gasteiger partial charge in [0.15, 0.2) is 0 Å². The normalized spacial score (nSPS) is 10.7. The fraction of sp³-hybridized carbons (Fsp3) is 0.217. The van der Waals surface area contributed by atoms with Gasteiger partial charge in [-0.05, 0) is 47.9 Å². The number of carbonyl (C=O) groups excluding carboxylic acids is 1. The van der Waals surface area contributed by atoms with E-state index in [1.54, 1.807) is 12.3 Å². The molecule has 3 aromatic rings. The second-order valence-corrected chi connectivity index (χ2v) is 7.10. The maximum absolute atomic E-state index is 12.4. The zero-order valence-electron chi connectivity index (χ0n) is 16.2. The number of aromatic nitrogens is 1. The molecular formula is C23H25N3O. The lowest BCUT2D eigenvalue weighted by Crippen LogP contribution is -2.12. The summed E-state index contributed by atoms with van der Waals surface area (Å²) in [5.41, 5.74) is 5.58. The number of benzene rings is 2. The fourth-order valence-corrected chi connectivity index (χ4v) is 2.78. The summed E-state index contributed by atoms with van der Waals surface area (Å²) in [6.07, 6.45) is 1.62. The van der Waals surface area contributed by atoms with Gasteiger partial charge in [-0.15, -0.1) is 0 Å². The van der Waals surface area contributed by atoms with E-state index in [0.29, 0.717) is 11.5 Å². The molecule has 1 amide bonds. The number of carbonyl (C=O) groups is 1. The number of hydrogen-bond acceptors (Lipinski definition) is 3. The van der Waals surface area contributed by atoms with Crippen LogP contribution in [-0.4, -0.2) is 25.0 Å². The number of rotatable bonds is 5. The van der Waals surface area contributed by atoms with Crippen LogP contribution >= 0.6 is 0 Å². The van der Waals surface area contributed by atoms with Gasteiger partial charge in [-0.3, -0.25) is 9.78 Å². The van der Waals surface area contributed by atoms with Crippen LogP contribution in [0.3, 0.4) is 0 Å².